The van der Waals surface area contributed by atoms with Crippen LogP contribution in [0.3, 0.4) is 0 Å². The van der Waals surface area contributed by atoms with Gasteiger partial charge in [0, 0.05) is 5.56 Å². The molecule has 0 aliphatic rings. The first-order valence-corrected chi connectivity index (χ1v) is 5.77. The van der Waals surface area contributed by atoms with E-state index in [0.29, 0.717) is 10.0 Å². The number of rotatable bonds is 1. The van der Waals surface area contributed by atoms with Gasteiger partial charge in [0.2, 0.25) is 0 Å². The Morgan fingerprint density at radius 1 is 1.12 bits per heavy atom. The lowest BCUT2D eigenvalue weighted by molar-refractivity contribution is 0.628. The van der Waals surface area contributed by atoms with Crippen molar-refractivity contribution in [2.24, 2.45) is 0 Å². The number of halogens is 4. The molecule has 0 fully saturated rings. The Kier molecular flexibility index (Phi) is 3.42. The van der Waals surface area contributed by atoms with Crippen LogP contribution in [-0.2, 0) is 0 Å². The van der Waals surface area contributed by atoms with Crippen LogP contribution < -0.4 is 0 Å². The fourth-order valence-electron chi connectivity index (χ4n) is 1.15. The molecule has 2 aromatic rings. The van der Waals surface area contributed by atoms with Crippen molar-refractivity contribution >= 4 is 39.1 Å². The maximum absolute atomic E-state index is 13.0. The summed E-state index contributed by atoms with van der Waals surface area (Å²) in [5.41, 5.74) is 0.524. The Hall–Kier alpha value is -0.710. The van der Waals surface area contributed by atoms with Crippen molar-refractivity contribution in [1.29, 1.82) is 0 Å². The highest BCUT2D eigenvalue weighted by Gasteiger charge is 2.10. The predicted molar refractivity (Wildman–Crippen MR) is 65.1 cm³/mol. The highest BCUT2D eigenvalue weighted by molar-refractivity contribution is 9.10. The van der Waals surface area contributed by atoms with Crippen molar-refractivity contribution in [2.75, 3.05) is 0 Å². The zero-order valence-corrected chi connectivity index (χ0v) is 10.8. The molecule has 0 saturated heterocycles. The van der Waals surface area contributed by atoms with Gasteiger partial charge in [0.1, 0.15) is 16.1 Å². The minimum absolute atomic E-state index is 0.194. The lowest BCUT2D eigenvalue weighted by Crippen LogP contribution is -1.92. The summed E-state index contributed by atoms with van der Waals surface area (Å²) >= 11 is 14.8. The Morgan fingerprint density at radius 3 is 2.31 bits per heavy atom. The van der Waals surface area contributed by atoms with Crippen LogP contribution in [0.15, 0.2) is 28.7 Å². The van der Waals surface area contributed by atoms with Crippen LogP contribution in [-0.4, -0.2) is 9.97 Å². The van der Waals surface area contributed by atoms with Crippen LogP contribution in [0.2, 0.25) is 10.3 Å². The van der Waals surface area contributed by atoms with E-state index in [1.807, 2.05) is 0 Å². The van der Waals surface area contributed by atoms with E-state index in [2.05, 4.69) is 25.9 Å². The third kappa shape index (κ3) is 2.34. The second kappa shape index (κ2) is 4.65. The summed E-state index contributed by atoms with van der Waals surface area (Å²) in [5.74, 6) is -0.0750. The Balaban J connectivity index is 2.57. The van der Waals surface area contributed by atoms with E-state index in [4.69, 9.17) is 23.2 Å². The van der Waals surface area contributed by atoms with Gasteiger partial charge in [-0.15, -0.1) is 0 Å². The molecular weight excluding hydrogens is 318 g/mol. The quantitative estimate of drug-likeness (QED) is 0.730. The third-order valence-corrected chi connectivity index (χ3v) is 3.61. The van der Waals surface area contributed by atoms with Crippen LogP contribution in [0.4, 0.5) is 4.39 Å². The molecule has 1 aromatic carbocycles. The molecular formula is C10H4BrCl2FN2. The van der Waals surface area contributed by atoms with Crippen LogP contribution in [0.25, 0.3) is 11.4 Å². The molecule has 0 radical (unpaired) electrons. The first-order chi connectivity index (χ1) is 7.58. The normalized spacial score (nSPS) is 10.5. The highest BCUT2D eigenvalue weighted by atomic mass is 79.9. The van der Waals surface area contributed by atoms with Crippen LogP contribution in [0, 0.1) is 5.82 Å². The molecule has 0 spiro atoms. The third-order valence-electron chi connectivity index (χ3n) is 1.85. The molecule has 0 unspecified atom stereocenters. The molecule has 2 nitrogen and oxygen atoms in total. The minimum atomic E-state index is -0.365. The van der Waals surface area contributed by atoms with E-state index in [0.717, 1.165) is 0 Å². The number of benzene rings is 1. The lowest BCUT2D eigenvalue weighted by Gasteiger charge is -2.03. The molecule has 2 rings (SSSR count). The standard InChI is InChI=1S/C10H4BrCl2FN2/c11-7-8(12)15-10(16-9(7)13)5-2-1-3-6(14)4-5/h1-4H. The molecule has 0 aliphatic heterocycles. The van der Waals surface area contributed by atoms with Crippen molar-refractivity contribution in [1.82, 2.24) is 9.97 Å². The van der Waals surface area contributed by atoms with E-state index < -0.39 is 0 Å². The molecule has 0 saturated carbocycles. The van der Waals surface area contributed by atoms with E-state index in [1.165, 1.54) is 12.1 Å². The Morgan fingerprint density at radius 2 is 1.75 bits per heavy atom. The monoisotopic (exact) mass is 320 g/mol. The van der Waals surface area contributed by atoms with Gasteiger partial charge in [-0.05, 0) is 28.1 Å². The van der Waals surface area contributed by atoms with Crippen molar-refractivity contribution in [2.45, 2.75) is 0 Å². The van der Waals surface area contributed by atoms with Gasteiger partial charge in [-0.1, -0.05) is 35.3 Å². The van der Waals surface area contributed by atoms with E-state index in [9.17, 15) is 4.39 Å². The zero-order valence-electron chi connectivity index (χ0n) is 7.72. The molecule has 1 aromatic heterocycles. The average molecular weight is 322 g/mol. The highest BCUT2D eigenvalue weighted by Crippen LogP contribution is 2.29. The van der Waals surface area contributed by atoms with Crippen molar-refractivity contribution < 1.29 is 4.39 Å². The van der Waals surface area contributed by atoms with E-state index in [-0.39, 0.29) is 21.9 Å². The lowest BCUT2D eigenvalue weighted by atomic mass is 10.2. The molecule has 0 N–H and O–H groups in total. The summed E-state index contributed by atoms with van der Waals surface area (Å²) in [7, 11) is 0. The summed E-state index contributed by atoms with van der Waals surface area (Å²) in [6.45, 7) is 0. The summed E-state index contributed by atoms with van der Waals surface area (Å²) in [4.78, 5) is 8.00. The van der Waals surface area contributed by atoms with Gasteiger partial charge in [-0.2, -0.15) is 0 Å². The fraction of sp³-hybridized carbons (Fsp3) is 0. The van der Waals surface area contributed by atoms with Gasteiger partial charge in [0.25, 0.3) is 0 Å². The smallest absolute Gasteiger partial charge is 0.162 e. The number of aromatic nitrogens is 2. The van der Waals surface area contributed by atoms with Crippen LogP contribution in [0.5, 0.6) is 0 Å². The predicted octanol–water partition coefficient (Wildman–Crippen LogP) is 4.35. The summed E-state index contributed by atoms with van der Waals surface area (Å²) in [5, 5.41) is 0.388. The Labute approximate surface area is 110 Å². The van der Waals surface area contributed by atoms with Crippen molar-refractivity contribution in [3.05, 3.63) is 44.9 Å². The first-order valence-electron chi connectivity index (χ1n) is 4.22. The van der Waals surface area contributed by atoms with Crippen LogP contribution >= 0.6 is 39.1 Å². The first kappa shape index (κ1) is 11.8. The maximum Gasteiger partial charge on any atom is 0.162 e. The van der Waals surface area contributed by atoms with Gasteiger partial charge < -0.3 is 0 Å². The molecule has 82 valence electrons. The minimum Gasteiger partial charge on any atom is -0.215 e. The molecule has 0 amide bonds. The molecule has 1 heterocycles. The van der Waals surface area contributed by atoms with Crippen molar-refractivity contribution in [3.63, 3.8) is 0 Å². The molecule has 0 bridgehead atoms. The summed E-state index contributed by atoms with van der Waals surface area (Å²) < 4.78 is 13.4. The van der Waals surface area contributed by atoms with Gasteiger partial charge in [0.05, 0.1) is 4.47 Å². The average Bonchev–Trinajstić information content (AvgIpc) is 2.25. The SMILES string of the molecule is Fc1cccc(-c2nc(Cl)c(Br)c(Cl)n2)c1. The van der Waals surface area contributed by atoms with E-state index >= 15 is 0 Å². The molecule has 0 aliphatic carbocycles. The molecule has 6 heteroatoms. The van der Waals surface area contributed by atoms with Crippen molar-refractivity contribution in [3.8, 4) is 11.4 Å². The number of hydrogen-bond acceptors (Lipinski definition) is 2. The molecule has 0 atom stereocenters. The van der Waals surface area contributed by atoms with Gasteiger partial charge >= 0.3 is 0 Å². The summed E-state index contributed by atoms with van der Waals surface area (Å²) in [6.07, 6.45) is 0. The fourth-order valence-corrected chi connectivity index (χ4v) is 1.72. The Bertz CT molecular complexity index is 525. The topological polar surface area (TPSA) is 25.8 Å². The van der Waals surface area contributed by atoms with E-state index in [1.54, 1.807) is 12.1 Å². The summed E-state index contributed by atoms with van der Waals surface area (Å²) in [6, 6.07) is 5.90. The maximum atomic E-state index is 13.0. The zero-order chi connectivity index (χ0) is 11.7. The number of nitrogens with zero attached hydrogens (tertiary/aromatic N) is 2. The van der Waals surface area contributed by atoms with Gasteiger partial charge in [0.15, 0.2) is 5.82 Å². The van der Waals surface area contributed by atoms with Crippen LogP contribution in [0.1, 0.15) is 0 Å². The molecule has 16 heavy (non-hydrogen) atoms. The largest absolute Gasteiger partial charge is 0.215 e. The van der Waals surface area contributed by atoms with Gasteiger partial charge in [-0.3, -0.25) is 0 Å². The number of hydrogen-bond donors (Lipinski definition) is 0. The van der Waals surface area contributed by atoms with Gasteiger partial charge in [-0.25, -0.2) is 14.4 Å². The second-order valence-corrected chi connectivity index (χ2v) is 4.46. The second-order valence-electron chi connectivity index (χ2n) is 2.95.